The van der Waals surface area contributed by atoms with Crippen LogP contribution in [0.1, 0.15) is 6.42 Å². The molecule has 11 heteroatoms. The maximum absolute atomic E-state index is 10.9. The molecular formula is C19H18ClN7O2S. The number of nitrogens with one attached hydrogen (secondary N) is 1. The second-order valence-electron chi connectivity index (χ2n) is 7.47. The third kappa shape index (κ3) is 3.46. The van der Waals surface area contributed by atoms with Gasteiger partial charge in [0, 0.05) is 30.2 Å². The molecule has 0 radical (unpaired) electrons. The Labute approximate surface area is 181 Å². The molecule has 3 aromatic rings. The van der Waals surface area contributed by atoms with Crippen LogP contribution in [-0.2, 0) is 0 Å². The number of piperidine rings is 2. The Morgan fingerprint density at radius 1 is 1.23 bits per heavy atom. The number of pyridine rings is 2. The van der Waals surface area contributed by atoms with Gasteiger partial charge < -0.3 is 21.1 Å². The molecule has 6 rings (SSSR count). The number of nitrogens with zero attached hydrogens (tertiary/aromatic N) is 5. The minimum atomic E-state index is -0.955. The molecule has 4 N–H and O–H groups in total. The van der Waals surface area contributed by atoms with Crippen LogP contribution in [0.3, 0.4) is 0 Å². The van der Waals surface area contributed by atoms with Crippen molar-refractivity contribution in [3.8, 4) is 0 Å². The average Bonchev–Trinajstić information content (AvgIpc) is 2.75. The number of aromatic nitrogens is 4. The summed E-state index contributed by atoms with van der Waals surface area (Å²) in [6.45, 7) is 1.54. The molecule has 3 aromatic heterocycles. The fourth-order valence-corrected chi connectivity index (χ4v) is 5.22. The van der Waals surface area contributed by atoms with Gasteiger partial charge in [-0.3, -0.25) is 0 Å². The van der Waals surface area contributed by atoms with E-state index in [0.717, 1.165) is 35.2 Å². The molecule has 2 bridgehead atoms. The first kappa shape index (κ1) is 19.1. The summed E-state index contributed by atoms with van der Waals surface area (Å²) in [7, 11) is 0. The minimum absolute atomic E-state index is 0.0439. The SMILES string of the molecule is Nc1nccc(Sc2ccc3nc(N4C[C@H]5C[C@@H](C4)[C@H]5NC(=O)O)cnc3n2)c1Cl. The van der Waals surface area contributed by atoms with Crippen molar-refractivity contribution in [3.63, 3.8) is 0 Å². The number of halogens is 1. The molecule has 3 fully saturated rings. The van der Waals surface area contributed by atoms with E-state index in [-0.39, 0.29) is 11.9 Å². The summed E-state index contributed by atoms with van der Waals surface area (Å²) in [4.78, 5) is 31.6. The highest BCUT2D eigenvalue weighted by Crippen LogP contribution is 2.41. The lowest BCUT2D eigenvalue weighted by Gasteiger charge is -2.53. The Hall–Kier alpha value is -2.85. The van der Waals surface area contributed by atoms with E-state index in [2.05, 4.69) is 25.2 Å². The molecule has 3 atom stereocenters. The smallest absolute Gasteiger partial charge is 0.404 e. The van der Waals surface area contributed by atoms with Crippen LogP contribution in [0.15, 0.2) is 40.5 Å². The predicted molar refractivity (Wildman–Crippen MR) is 114 cm³/mol. The summed E-state index contributed by atoms with van der Waals surface area (Å²) in [6.07, 6.45) is 3.43. The number of rotatable bonds is 4. The third-order valence-electron chi connectivity index (χ3n) is 5.61. The largest absolute Gasteiger partial charge is 0.465 e. The van der Waals surface area contributed by atoms with Crippen LogP contribution in [0.5, 0.6) is 0 Å². The second kappa shape index (κ2) is 7.44. The van der Waals surface area contributed by atoms with Gasteiger partial charge in [-0.2, -0.15) is 0 Å². The maximum Gasteiger partial charge on any atom is 0.404 e. The Balaban J connectivity index is 1.33. The van der Waals surface area contributed by atoms with E-state index in [1.54, 1.807) is 18.5 Å². The van der Waals surface area contributed by atoms with Crippen molar-refractivity contribution in [2.24, 2.45) is 11.8 Å². The first-order valence-corrected chi connectivity index (χ1v) is 10.6. The number of carbonyl (C=O) groups is 1. The number of amides is 1. The van der Waals surface area contributed by atoms with E-state index >= 15 is 0 Å². The lowest BCUT2D eigenvalue weighted by Crippen LogP contribution is -2.64. The van der Waals surface area contributed by atoms with Crippen molar-refractivity contribution in [3.05, 3.63) is 35.6 Å². The third-order valence-corrected chi connectivity index (χ3v) is 7.11. The zero-order valence-corrected chi connectivity index (χ0v) is 17.3. The van der Waals surface area contributed by atoms with Gasteiger partial charge in [0.05, 0.1) is 11.2 Å². The lowest BCUT2D eigenvalue weighted by molar-refractivity contribution is 0.0808. The van der Waals surface area contributed by atoms with Gasteiger partial charge in [0.15, 0.2) is 5.65 Å². The second-order valence-corrected chi connectivity index (χ2v) is 8.91. The maximum atomic E-state index is 10.9. The number of nitrogen functional groups attached to an aromatic ring is 1. The Kier molecular flexibility index (Phi) is 4.75. The van der Waals surface area contributed by atoms with Crippen molar-refractivity contribution < 1.29 is 9.90 Å². The molecule has 1 saturated carbocycles. The number of carboxylic acid groups (broad SMARTS) is 1. The number of anilines is 2. The predicted octanol–water partition coefficient (Wildman–Crippen LogP) is 2.90. The van der Waals surface area contributed by atoms with E-state index in [4.69, 9.17) is 27.4 Å². The molecule has 2 saturated heterocycles. The molecule has 30 heavy (non-hydrogen) atoms. The first-order valence-electron chi connectivity index (χ1n) is 9.44. The molecule has 3 aliphatic rings. The Morgan fingerprint density at radius 2 is 2.03 bits per heavy atom. The molecular weight excluding hydrogens is 426 g/mol. The van der Waals surface area contributed by atoms with Gasteiger partial charge in [-0.25, -0.2) is 24.7 Å². The Bertz CT molecular complexity index is 1140. The zero-order valence-electron chi connectivity index (χ0n) is 15.7. The fourth-order valence-electron chi connectivity index (χ4n) is 4.17. The standard InChI is InChI=1S/C19H18ClN7O2S/c20-15-12(3-4-22-17(15)21)30-14-2-1-11-18(25-14)23-6-13(24-11)27-7-9-5-10(8-27)16(9)26-19(28)29/h1-4,6,9-10,16,26H,5,7-8H2,(H2,21,22)(H,28,29)/t9-,10+,16+. The van der Waals surface area contributed by atoms with Crippen LogP contribution in [0.25, 0.3) is 11.2 Å². The number of hydrogen-bond donors (Lipinski definition) is 3. The van der Waals surface area contributed by atoms with Gasteiger partial charge in [-0.15, -0.1) is 0 Å². The van der Waals surface area contributed by atoms with Gasteiger partial charge >= 0.3 is 6.09 Å². The van der Waals surface area contributed by atoms with Crippen LogP contribution in [0.2, 0.25) is 5.02 Å². The number of nitrogens with two attached hydrogens (primary N) is 1. The highest BCUT2D eigenvalue weighted by molar-refractivity contribution is 7.99. The summed E-state index contributed by atoms with van der Waals surface area (Å²) in [5.41, 5.74) is 7.02. The van der Waals surface area contributed by atoms with E-state index < -0.39 is 6.09 Å². The van der Waals surface area contributed by atoms with Crippen molar-refractivity contribution in [1.82, 2.24) is 25.3 Å². The molecule has 5 heterocycles. The van der Waals surface area contributed by atoms with Gasteiger partial charge in [0.1, 0.15) is 22.2 Å². The van der Waals surface area contributed by atoms with E-state index in [1.807, 2.05) is 12.1 Å². The van der Waals surface area contributed by atoms with Crippen LogP contribution < -0.4 is 16.0 Å². The topological polar surface area (TPSA) is 130 Å². The molecule has 0 unspecified atom stereocenters. The monoisotopic (exact) mass is 443 g/mol. The molecule has 2 aliphatic heterocycles. The molecule has 1 aliphatic carbocycles. The minimum Gasteiger partial charge on any atom is -0.465 e. The molecule has 0 spiro atoms. The summed E-state index contributed by atoms with van der Waals surface area (Å²) in [5.74, 6) is 1.70. The molecule has 9 nitrogen and oxygen atoms in total. The van der Waals surface area contributed by atoms with E-state index in [1.165, 1.54) is 11.8 Å². The highest BCUT2D eigenvalue weighted by atomic mass is 35.5. The molecule has 1 amide bonds. The summed E-state index contributed by atoms with van der Waals surface area (Å²) >= 11 is 7.61. The Morgan fingerprint density at radius 3 is 2.80 bits per heavy atom. The van der Waals surface area contributed by atoms with Gasteiger partial charge in [-0.1, -0.05) is 23.4 Å². The van der Waals surface area contributed by atoms with Gasteiger partial charge in [0.25, 0.3) is 0 Å². The van der Waals surface area contributed by atoms with Crippen molar-refractivity contribution in [2.45, 2.75) is 22.4 Å². The van der Waals surface area contributed by atoms with Gasteiger partial charge in [0.2, 0.25) is 0 Å². The van der Waals surface area contributed by atoms with Crippen LogP contribution >= 0.6 is 23.4 Å². The van der Waals surface area contributed by atoms with E-state index in [9.17, 15) is 4.79 Å². The quantitative estimate of drug-likeness (QED) is 0.556. The van der Waals surface area contributed by atoms with Crippen LogP contribution in [0.4, 0.5) is 16.4 Å². The lowest BCUT2D eigenvalue weighted by atomic mass is 9.66. The highest BCUT2D eigenvalue weighted by Gasteiger charge is 2.47. The van der Waals surface area contributed by atoms with Crippen molar-refractivity contribution >= 4 is 52.3 Å². The van der Waals surface area contributed by atoms with Crippen LogP contribution in [0, 0.1) is 11.8 Å². The molecule has 154 valence electrons. The number of hydrogen-bond acceptors (Lipinski definition) is 8. The zero-order chi connectivity index (χ0) is 20.8. The van der Waals surface area contributed by atoms with Crippen molar-refractivity contribution in [2.75, 3.05) is 23.7 Å². The first-order chi connectivity index (χ1) is 14.5. The van der Waals surface area contributed by atoms with Gasteiger partial charge in [-0.05, 0) is 36.5 Å². The van der Waals surface area contributed by atoms with Crippen LogP contribution in [-0.4, -0.2) is 50.3 Å². The fraction of sp³-hybridized carbons (Fsp3) is 0.316. The normalized spacial score (nSPS) is 22.6. The summed E-state index contributed by atoms with van der Waals surface area (Å²) in [6, 6.07) is 5.60. The summed E-state index contributed by atoms with van der Waals surface area (Å²) < 4.78 is 0. The molecule has 0 aromatic carbocycles. The number of fused-ring (bicyclic) bond motifs is 3. The average molecular weight is 444 g/mol. The van der Waals surface area contributed by atoms with E-state index in [0.29, 0.717) is 28.0 Å². The summed E-state index contributed by atoms with van der Waals surface area (Å²) in [5, 5.41) is 12.8. The van der Waals surface area contributed by atoms with Crippen molar-refractivity contribution in [1.29, 1.82) is 0 Å².